The van der Waals surface area contributed by atoms with Gasteiger partial charge in [-0.05, 0) is 34.3 Å². The van der Waals surface area contributed by atoms with E-state index in [1.807, 2.05) is 0 Å². The van der Waals surface area contributed by atoms with Gasteiger partial charge in [-0.3, -0.25) is 4.98 Å². The molecule has 16 heavy (non-hydrogen) atoms. The smallest absolute Gasteiger partial charge is 0.244 e. The molecule has 2 heterocycles. The average molecular weight is 305 g/mol. The van der Waals surface area contributed by atoms with E-state index in [9.17, 15) is 8.42 Å². The van der Waals surface area contributed by atoms with Crippen LogP contribution in [-0.4, -0.2) is 30.8 Å². The van der Waals surface area contributed by atoms with Crippen LogP contribution in [0.2, 0.25) is 0 Å². The minimum atomic E-state index is -3.35. The second kappa shape index (κ2) is 4.43. The van der Waals surface area contributed by atoms with Crippen LogP contribution in [0.1, 0.15) is 13.3 Å². The van der Waals surface area contributed by atoms with Crippen LogP contribution in [0.25, 0.3) is 0 Å². The Morgan fingerprint density at radius 2 is 2.25 bits per heavy atom. The molecule has 2 rings (SSSR count). The van der Waals surface area contributed by atoms with Gasteiger partial charge in [-0.15, -0.1) is 0 Å². The van der Waals surface area contributed by atoms with E-state index in [-0.39, 0.29) is 4.90 Å². The molecule has 0 aliphatic carbocycles. The third-order valence-electron chi connectivity index (χ3n) is 2.70. The molecular weight excluding hydrogens is 292 g/mol. The molecule has 1 atom stereocenters. The maximum Gasteiger partial charge on any atom is 0.244 e. The zero-order chi connectivity index (χ0) is 11.8. The van der Waals surface area contributed by atoms with Gasteiger partial charge in [0, 0.05) is 30.0 Å². The average Bonchev–Trinajstić information content (AvgIpc) is 2.65. The molecule has 1 saturated heterocycles. The van der Waals surface area contributed by atoms with Gasteiger partial charge in [0.15, 0.2) is 0 Å². The first-order chi connectivity index (χ1) is 7.50. The number of halogens is 1. The van der Waals surface area contributed by atoms with Crippen LogP contribution < -0.4 is 0 Å². The lowest BCUT2D eigenvalue weighted by molar-refractivity contribution is 0.464. The largest absolute Gasteiger partial charge is 0.262 e. The summed E-state index contributed by atoms with van der Waals surface area (Å²) in [6, 6.07) is 1.59. The molecule has 1 aromatic heterocycles. The Labute approximate surface area is 104 Å². The lowest BCUT2D eigenvalue weighted by Crippen LogP contribution is -2.28. The molecule has 0 radical (unpaired) electrons. The highest BCUT2D eigenvalue weighted by molar-refractivity contribution is 9.10. The maximum absolute atomic E-state index is 12.2. The molecule has 1 fully saturated rings. The normalized spacial score (nSPS) is 22.5. The van der Waals surface area contributed by atoms with Crippen molar-refractivity contribution in [2.45, 2.75) is 18.2 Å². The summed E-state index contributed by atoms with van der Waals surface area (Å²) in [4.78, 5) is 4.15. The first kappa shape index (κ1) is 12.0. The fourth-order valence-electron chi connectivity index (χ4n) is 1.80. The predicted octanol–water partition coefficient (Wildman–Crippen LogP) is 1.87. The lowest BCUT2D eigenvalue weighted by atomic mass is 10.2. The zero-order valence-electron chi connectivity index (χ0n) is 8.93. The Morgan fingerprint density at radius 1 is 1.50 bits per heavy atom. The summed E-state index contributed by atoms with van der Waals surface area (Å²) in [5, 5.41) is 0. The zero-order valence-corrected chi connectivity index (χ0v) is 11.3. The lowest BCUT2D eigenvalue weighted by Gasteiger charge is -2.15. The summed E-state index contributed by atoms with van der Waals surface area (Å²) >= 11 is 3.23. The maximum atomic E-state index is 12.2. The van der Waals surface area contributed by atoms with Crippen LogP contribution in [0.3, 0.4) is 0 Å². The molecule has 0 aromatic carbocycles. The topological polar surface area (TPSA) is 50.3 Å². The molecule has 0 amide bonds. The third kappa shape index (κ3) is 2.28. The van der Waals surface area contributed by atoms with Crippen molar-refractivity contribution in [3.05, 3.63) is 22.9 Å². The number of aromatic nitrogens is 1. The van der Waals surface area contributed by atoms with Crippen molar-refractivity contribution in [1.29, 1.82) is 0 Å². The third-order valence-corrected chi connectivity index (χ3v) is 4.97. The van der Waals surface area contributed by atoms with Gasteiger partial charge in [0.1, 0.15) is 4.90 Å². The second-order valence-electron chi connectivity index (χ2n) is 4.10. The van der Waals surface area contributed by atoms with Crippen LogP contribution in [0.15, 0.2) is 27.8 Å². The van der Waals surface area contributed by atoms with E-state index in [4.69, 9.17) is 0 Å². The molecule has 1 unspecified atom stereocenters. The Bertz CT molecular complexity index is 489. The summed E-state index contributed by atoms with van der Waals surface area (Å²) in [7, 11) is -3.35. The van der Waals surface area contributed by atoms with Crippen molar-refractivity contribution in [2.75, 3.05) is 13.1 Å². The van der Waals surface area contributed by atoms with Gasteiger partial charge in [0.05, 0.1) is 0 Å². The summed E-state index contributed by atoms with van der Waals surface area (Å²) in [6.07, 6.45) is 3.90. The summed E-state index contributed by atoms with van der Waals surface area (Å²) in [6.45, 7) is 3.28. The van der Waals surface area contributed by atoms with Crippen LogP contribution in [0, 0.1) is 5.92 Å². The SMILES string of the molecule is CC1CCN(S(=O)(=O)c2cncc(Br)c2)C1. The van der Waals surface area contributed by atoms with E-state index in [1.54, 1.807) is 12.3 Å². The fraction of sp³-hybridized carbons (Fsp3) is 0.500. The van der Waals surface area contributed by atoms with Crippen LogP contribution in [0.4, 0.5) is 0 Å². The fourth-order valence-corrected chi connectivity index (χ4v) is 3.88. The first-order valence-corrected chi connectivity index (χ1v) is 7.34. The van der Waals surface area contributed by atoms with E-state index in [1.165, 1.54) is 10.5 Å². The standard InChI is InChI=1S/C10H13BrN2O2S/c1-8-2-3-13(7-8)16(14,15)10-4-9(11)5-12-6-10/h4-6,8H,2-3,7H2,1H3. The molecule has 0 saturated carbocycles. The molecule has 1 aliphatic heterocycles. The van der Waals surface area contributed by atoms with E-state index in [0.717, 1.165) is 6.42 Å². The van der Waals surface area contributed by atoms with Crippen LogP contribution in [0.5, 0.6) is 0 Å². The van der Waals surface area contributed by atoms with Gasteiger partial charge in [-0.1, -0.05) is 6.92 Å². The summed E-state index contributed by atoms with van der Waals surface area (Å²) in [5.41, 5.74) is 0. The van der Waals surface area contributed by atoms with Gasteiger partial charge in [0.25, 0.3) is 0 Å². The van der Waals surface area contributed by atoms with Gasteiger partial charge in [0.2, 0.25) is 10.0 Å². The van der Waals surface area contributed by atoms with Gasteiger partial charge in [-0.25, -0.2) is 8.42 Å². The number of sulfonamides is 1. The number of pyridine rings is 1. The van der Waals surface area contributed by atoms with Crippen molar-refractivity contribution < 1.29 is 8.42 Å². The summed E-state index contributed by atoms with van der Waals surface area (Å²) < 4.78 is 26.6. The highest BCUT2D eigenvalue weighted by Gasteiger charge is 2.30. The first-order valence-electron chi connectivity index (χ1n) is 5.11. The number of rotatable bonds is 2. The molecule has 4 nitrogen and oxygen atoms in total. The van der Waals surface area contributed by atoms with Gasteiger partial charge < -0.3 is 0 Å². The molecular formula is C10H13BrN2O2S. The van der Waals surface area contributed by atoms with Gasteiger partial charge >= 0.3 is 0 Å². The van der Waals surface area contributed by atoms with E-state index < -0.39 is 10.0 Å². The van der Waals surface area contributed by atoms with E-state index >= 15 is 0 Å². The van der Waals surface area contributed by atoms with Crippen molar-refractivity contribution in [1.82, 2.24) is 9.29 Å². The monoisotopic (exact) mass is 304 g/mol. The molecule has 0 spiro atoms. The van der Waals surface area contributed by atoms with Crippen molar-refractivity contribution in [2.24, 2.45) is 5.92 Å². The van der Waals surface area contributed by atoms with Gasteiger partial charge in [-0.2, -0.15) is 4.31 Å². The molecule has 6 heteroatoms. The number of hydrogen-bond donors (Lipinski definition) is 0. The minimum absolute atomic E-state index is 0.260. The van der Waals surface area contributed by atoms with E-state index in [2.05, 4.69) is 27.8 Å². The van der Waals surface area contributed by atoms with Crippen LogP contribution in [-0.2, 0) is 10.0 Å². The Balaban J connectivity index is 2.32. The van der Waals surface area contributed by atoms with E-state index in [0.29, 0.717) is 23.5 Å². The molecule has 88 valence electrons. The molecule has 0 bridgehead atoms. The quantitative estimate of drug-likeness (QED) is 0.838. The summed E-state index contributed by atoms with van der Waals surface area (Å²) in [5.74, 6) is 0.440. The molecule has 0 N–H and O–H groups in total. The Kier molecular flexibility index (Phi) is 3.32. The predicted molar refractivity (Wildman–Crippen MR) is 64.5 cm³/mol. The number of nitrogens with zero attached hydrogens (tertiary/aromatic N) is 2. The highest BCUT2D eigenvalue weighted by Crippen LogP contribution is 2.24. The molecule has 1 aromatic rings. The Hall–Kier alpha value is -0.460. The minimum Gasteiger partial charge on any atom is -0.262 e. The van der Waals surface area contributed by atoms with Crippen molar-refractivity contribution in [3.8, 4) is 0 Å². The number of hydrogen-bond acceptors (Lipinski definition) is 3. The van der Waals surface area contributed by atoms with Crippen molar-refractivity contribution in [3.63, 3.8) is 0 Å². The van der Waals surface area contributed by atoms with Crippen molar-refractivity contribution >= 4 is 26.0 Å². The highest BCUT2D eigenvalue weighted by atomic mass is 79.9. The second-order valence-corrected chi connectivity index (χ2v) is 6.95. The molecule has 1 aliphatic rings. The Morgan fingerprint density at radius 3 is 2.81 bits per heavy atom. The van der Waals surface area contributed by atoms with Crippen LogP contribution >= 0.6 is 15.9 Å².